The topological polar surface area (TPSA) is 35.5 Å². The second-order valence-corrected chi connectivity index (χ2v) is 6.71. The van der Waals surface area contributed by atoms with Crippen molar-refractivity contribution in [2.75, 3.05) is 26.2 Å². The van der Waals surface area contributed by atoms with Crippen LogP contribution in [0, 0.1) is 5.92 Å². The summed E-state index contributed by atoms with van der Waals surface area (Å²) in [6.07, 6.45) is 2.20. The Labute approximate surface area is 133 Å². The van der Waals surface area contributed by atoms with E-state index < -0.39 is 0 Å². The van der Waals surface area contributed by atoms with Crippen molar-refractivity contribution in [3.8, 4) is 0 Å². The SMILES string of the molecule is C[C@H](O)CN1CCC(CN[C@H](C)c2cccc(Cl)c2)CC1. The first-order valence-electron chi connectivity index (χ1n) is 7.94. The van der Waals surface area contributed by atoms with Crippen molar-refractivity contribution in [2.24, 2.45) is 5.92 Å². The monoisotopic (exact) mass is 310 g/mol. The van der Waals surface area contributed by atoms with E-state index >= 15 is 0 Å². The molecule has 2 atom stereocenters. The second kappa shape index (κ2) is 8.14. The van der Waals surface area contributed by atoms with Gasteiger partial charge in [0.2, 0.25) is 0 Å². The van der Waals surface area contributed by atoms with Crippen molar-refractivity contribution in [1.29, 1.82) is 0 Å². The molecule has 1 fully saturated rings. The van der Waals surface area contributed by atoms with Crippen LogP contribution < -0.4 is 5.32 Å². The summed E-state index contributed by atoms with van der Waals surface area (Å²) in [5.41, 5.74) is 1.24. The fourth-order valence-corrected chi connectivity index (χ4v) is 3.18. The molecule has 0 amide bonds. The van der Waals surface area contributed by atoms with Crippen molar-refractivity contribution in [2.45, 2.75) is 38.8 Å². The van der Waals surface area contributed by atoms with E-state index in [2.05, 4.69) is 23.2 Å². The number of hydrogen-bond acceptors (Lipinski definition) is 3. The highest BCUT2D eigenvalue weighted by Gasteiger charge is 2.20. The third-order valence-electron chi connectivity index (χ3n) is 4.29. The number of aliphatic hydroxyl groups is 1. The summed E-state index contributed by atoms with van der Waals surface area (Å²) >= 11 is 6.04. The summed E-state index contributed by atoms with van der Waals surface area (Å²) < 4.78 is 0. The second-order valence-electron chi connectivity index (χ2n) is 6.28. The minimum atomic E-state index is -0.220. The molecule has 2 rings (SSSR count). The number of nitrogens with one attached hydrogen (secondary N) is 1. The fourth-order valence-electron chi connectivity index (χ4n) is 2.98. The molecule has 1 heterocycles. The van der Waals surface area contributed by atoms with E-state index in [1.54, 1.807) is 0 Å². The highest BCUT2D eigenvalue weighted by atomic mass is 35.5. The number of likely N-dealkylation sites (tertiary alicyclic amines) is 1. The van der Waals surface area contributed by atoms with Crippen LogP contribution in [-0.2, 0) is 0 Å². The normalized spacial score (nSPS) is 20.4. The Morgan fingerprint density at radius 1 is 1.33 bits per heavy atom. The van der Waals surface area contributed by atoms with Gasteiger partial charge in [0.1, 0.15) is 0 Å². The van der Waals surface area contributed by atoms with Gasteiger partial charge in [-0.15, -0.1) is 0 Å². The molecule has 3 nitrogen and oxygen atoms in total. The quantitative estimate of drug-likeness (QED) is 0.847. The van der Waals surface area contributed by atoms with Gasteiger partial charge in [0.05, 0.1) is 6.10 Å². The van der Waals surface area contributed by atoms with Gasteiger partial charge in [-0.1, -0.05) is 23.7 Å². The van der Waals surface area contributed by atoms with E-state index in [9.17, 15) is 5.11 Å². The predicted molar refractivity (Wildman–Crippen MR) is 88.7 cm³/mol. The molecule has 21 heavy (non-hydrogen) atoms. The van der Waals surface area contributed by atoms with E-state index in [1.807, 2.05) is 25.1 Å². The van der Waals surface area contributed by atoms with Gasteiger partial charge in [0.25, 0.3) is 0 Å². The number of benzene rings is 1. The lowest BCUT2D eigenvalue weighted by Crippen LogP contribution is -2.40. The van der Waals surface area contributed by atoms with Crippen molar-refractivity contribution in [3.05, 3.63) is 34.9 Å². The number of hydrogen-bond donors (Lipinski definition) is 2. The molecule has 1 aliphatic heterocycles. The number of halogens is 1. The summed E-state index contributed by atoms with van der Waals surface area (Å²) in [5.74, 6) is 0.733. The summed E-state index contributed by atoms with van der Waals surface area (Å²) in [6.45, 7) is 8.11. The van der Waals surface area contributed by atoms with Crippen molar-refractivity contribution in [3.63, 3.8) is 0 Å². The summed E-state index contributed by atoms with van der Waals surface area (Å²) in [6, 6.07) is 8.40. The van der Waals surface area contributed by atoms with Crippen molar-refractivity contribution >= 4 is 11.6 Å². The van der Waals surface area contributed by atoms with Crippen LogP contribution >= 0.6 is 11.6 Å². The lowest BCUT2D eigenvalue weighted by atomic mass is 9.96. The Bertz CT molecular complexity index is 431. The molecule has 118 valence electrons. The van der Waals surface area contributed by atoms with Crippen molar-refractivity contribution < 1.29 is 5.11 Å². The number of piperidine rings is 1. The molecular formula is C17H27ClN2O. The van der Waals surface area contributed by atoms with Gasteiger partial charge in [-0.2, -0.15) is 0 Å². The van der Waals surface area contributed by atoms with Gasteiger partial charge in [0.15, 0.2) is 0 Å². The molecule has 0 saturated carbocycles. The van der Waals surface area contributed by atoms with Crippen LogP contribution in [0.2, 0.25) is 5.02 Å². The Morgan fingerprint density at radius 2 is 2.05 bits per heavy atom. The minimum absolute atomic E-state index is 0.220. The zero-order valence-electron chi connectivity index (χ0n) is 13.1. The van der Waals surface area contributed by atoms with Gasteiger partial charge in [-0.3, -0.25) is 0 Å². The van der Waals surface area contributed by atoms with Crippen LogP contribution in [0.1, 0.15) is 38.3 Å². The fraction of sp³-hybridized carbons (Fsp3) is 0.647. The summed E-state index contributed by atoms with van der Waals surface area (Å²) in [4.78, 5) is 2.36. The average Bonchev–Trinajstić information content (AvgIpc) is 2.45. The van der Waals surface area contributed by atoms with E-state index in [1.165, 1.54) is 18.4 Å². The van der Waals surface area contributed by atoms with E-state index in [0.29, 0.717) is 6.04 Å². The largest absolute Gasteiger partial charge is 0.392 e. The van der Waals surface area contributed by atoms with Gasteiger partial charge in [0, 0.05) is 17.6 Å². The van der Waals surface area contributed by atoms with E-state index in [0.717, 1.165) is 37.1 Å². The van der Waals surface area contributed by atoms with Crippen LogP contribution in [-0.4, -0.2) is 42.3 Å². The van der Waals surface area contributed by atoms with Crippen molar-refractivity contribution in [1.82, 2.24) is 10.2 Å². The Hall–Kier alpha value is -0.610. The molecule has 2 N–H and O–H groups in total. The molecule has 0 aromatic heterocycles. The van der Waals surface area contributed by atoms with Gasteiger partial charge in [-0.05, 0) is 69.9 Å². The van der Waals surface area contributed by atoms with Crippen LogP contribution in [0.3, 0.4) is 0 Å². The average molecular weight is 311 g/mol. The molecular weight excluding hydrogens is 284 g/mol. The third-order valence-corrected chi connectivity index (χ3v) is 4.53. The first-order valence-corrected chi connectivity index (χ1v) is 8.31. The number of nitrogens with zero attached hydrogens (tertiary/aromatic N) is 1. The van der Waals surface area contributed by atoms with Crippen LogP contribution in [0.25, 0.3) is 0 Å². The standard InChI is InChI=1S/C17H27ClN2O/c1-13(21)12-20-8-6-15(7-9-20)11-19-14(2)16-4-3-5-17(18)10-16/h3-5,10,13-15,19,21H,6-9,11-12H2,1-2H3/t13-,14+/m0/s1. The smallest absolute Gasteiger partial charge is 0.0639 e. The molecule has 1 aromatic rings. The number of rotatable bonds is 6. The van der Waals surface area contributed by atoms with Crippen LogP contribution in [0.4, 0.5) is 0 Å². The summed E-state index contributed by atoms with van der Waals surface area (Å²) in [5, 5.41) is 13.9. The molecule has 0 radical (unpaired) electrons. The Balaban J connectivity index is 1.72. The van der Waals surface area contributed by atoms with Crippen LogP contribution in [0.15, 0.2) is 24.3 Å². The Kier molecular flexibility index (Phi) is 6.49. The minimum Gasteiger partial charge on any atom is -0.392 e. The molecule has 0 unspecified atom stereocenters. The molecule has 1 aliphatic rings. The lowest BCUT2D eigenvalue weighted by molar-refractivity contribution is 0.0994. The van der Waals surface area contributed by atoms with Gasteiger partial charge < -0.3 is 15.3 Å². The number of aliphatic hydroxyl groups excluding tert-OH is 1. The maximum Gasteiger partial charge on any atom is 0.0639 e. The molecule has 1 saturated heterocycles. The van der Waals surface area contributed by atoms with Gasteiger partial charge >= 0.3 is 0 Å². The Morgan fingerprint density at radius 3 is 2.67 bits per heavy atom. The van der Waals surface area contributed by atoms with Gasteiger partial charge in [-0.25, -0.2) is 0 Å². The van der Waals surface area contributed by atoms with E-state index in [4.69, 9.17) is 11.6 Å². The first-order chi connectivity index (χ1) is 10.0. The maximum atomic E-state index is 9.43. The highest BCUT2D eigenvalue weighted by molar-refractivity contribution is 6.30. The van der Waals surface area contributed by atoms with Crippen LogP contribution in [0.5, 0.6) is 0 Å². The lowest BCUT2D eigenvalue weighted by Gasteiger charge is -2.33. The molecule has 4 heteroatoms. The molecule has 1 aromatic carbocycles. The van der Waals surface area contributed by atoms with E-state index in [-0.39, 0.29) is 6.10 Å². The first kappa shape index (κ1) is 16.8. The summed E-state index contributed by atoms with van der Waals surface area (Å²) in [7, 11) is 0. The third kappa shape index (κ3) is 5.59. The molecule has 0 bridgehead atoms. The zero-order valence-corrected chi connectivity index (χ0v) is 13.8. The zero-order chi connectivity index (χ0) is 15.2. The molecule has 0 spiro atoms. The maximum absolute atomic E-state index is 9.43. The predicted octanol–water partition coefficient (Wildman–Crippen LogP) is 3.08. The molecule has 0 aliphatic carbocycles. The number of β-amino-alcohol motifs (C(OH)–C–C–N with tert-alkyl or cyclic N) is 1. The highest BCUT2D eigenvalue weighted by Crippen LogP contribution is 2.20.